The van der Waals surface area contributed by atoms with Gasteiger partial charge in [0.15, 0.2) is 5.37 Å². The van der Waals surface area contributed by atoms with Crippen LogP contribution >= 0.6 is 11.8 Å². The largest absolute Gasteiger partial charge is 0.479 e. The molecule has 0 bridgehead atoms. The normalized spacial score (nSPS) is 34.4. The van der Waals surface area contributed by atoms with E-state index in [4.69, 9.17) is 10.6 Å². The van der Waals surface area contributed by atoms with Crippen LogP contribution in [0.1, 0.15) is 0 Å². The number of fused-ring (bicyclic) bond motifs is 1. The van der Waals surface area contributed by atoms with Crippen LogP contribution in [0.5, 0.6) is 0 Å². The molecule has 0 aromatic carbocycles. The number of amides is 1. The molecule has 0 aliphatic carbocycles. The van der Waals surface area contributed by atoms with E-state index in [1.807, 2.05) is 0 Å². The van der Waals surface area contributed by atoms with Crippen LogP contribution < -0.4 is 0 Å². The molecule has 74 valence electrons. The number of hydrogen-bond donors (Lipinski definition) is 1. The lowest BCUT2D eigenvalue weighted by Gasteiger charge is -2.41. The van der Waals surface area contributed by atoms with Crippen LogP contribution in [0.25, 0.3) is 10.4 Å². The molecule has 2 aliphatic rings. The summed E-state index contributed by atoms with van der Waals surface area (Å²) in [7, 11) is 0. The Morgan fingerprint density at radius 2 is 2.50 bits per heavy atom. The first-order valence-electron chi connectivity index (χ1n) is 3.87. The Hall–Kier alpha value is -1.40. The molecular formula is C6H6N4O3S. The van der Waals surface area contributed by atoms with Crippen molar-refractivity contribution in [2.75, 3.05) is 5.75 Å². The van der Waals surface area contributed by atoms with E-state index in [0.717, 1.165) is 0 Å². The number of carbonyl (C=O) groups excluding carboxylic acids is 1. The Labute approximate surface area is 82.7 Å². The van der Waals surface area contributed by atoms with Crippen molar-refractivity contribution in [2.45, 2.75) is 17.5 Å². The minimum Gasteiger partial charge on any atom is -0.479 e. The fourth-order valence-corrected chi connectivity index (χ4v) is 2.94. The van der Waals surface area contributed by atoms with E-state index in [0.29, 0.717) is 5.75 Å². The van der Waals surface area contributed by atoms with Crippen molar-refractivity contribution in [1.29, 1.82) is 0 Å². The van der Waals surface area contributed by atoms with Crippen molar-refractivity contribution in [3.8, 4) is 0 Å². The van der Waals surface area contributed by atoms with Gasteiger partial charge in [-0.2, -0.15) is 0 Å². The monoisotopic (exact) mass is 214 g/mol. The Morgan fingerprint density at radius 3 is 3.07 bits per heavy atom. The molecule has 2 saturated heterocycles. The maximum atomic E-state index is 11.3. The Kier molecular flexibility index (Phi) is 2.01. The fraction of sp³-hybridized carbons (Fsp3) is 0.667. The number of aliphatic carboxylic acids is 1. The lowest BCUT2D eigenvalue weighted by atomic mass is 9.98. The molecule has 7 nitrogen and oxygen atoms in total. The van der Waals surface area contributed by atoms with Crippen molar-refractivity contribution >= 4 is 23.6 Å². The van der Waals surface area contributed by atoms with Crippen LogP contribution in [0.15, 0.2) is 5.11 Å². The van der Waals surface area contributed by atoms with Gasteiger partial charge in [-0.25, -0.2) is 4.79 Å². The van der Waals surface area contributed by atoms with Crippen LogP contribution in [0, 0.1) is 0 Å². The summed E-state index contributed by atoms with van der Waals surface area (Å²) >= 11 is 1.18. The molecule has 0 aromatic rings. The zero-order chi connectivity index (χ0) is 10.3. The third-order valence-corrected chi connectivity index (χ3v) is 3.57. The van der Waals surface area contributed by atoms with E-state index in [-0.39, 0.29) is 11.9 Å². The van der Waals surface area contributed by atoms with Gasteiger partial charge in [-0.3, -0.25) is 4.79 Å². The number of carboxylic acid groups (broad SMARTS) is 1. The van der Waals surface area contributed by atoms with Crippen molar-refractivity contribution in [1.82, 2.24) is 4.90 Å². The summed E-state index contributed by atoms with van der Waals surface area (Å²) < 4.78 is 0. The molecule has 1 N–H and O–H groups in total. The molecule has 0 radical (unpaired) electrons. The summed E-state index contributed by atoms with van der Waals surface area (Å²) in [6.07, 6.45) is 0. The van der Waals surface area contributed by atoms with Gasteiger partial charge in [-0.05, 0) is 5.53 Å². The van der Waals surface area contributed by atoms with Gasteiger partial charge in [-0.15, -0.1) is 11.8 Å². The summed E-state index contributed by atoms with van der Waals surface area (Å²) in [5, 5.41) is 11.3. The van der Waals surface area contributed by atoms with Crippen LogP contribution in [-0.2, 0) is 9.59 Å². The fourth-order valence-electron chi connectivity index (χ4n) is 1.65. The third-order valence-electron chi connectivity index (χ3n) is 2.29. The molecule has 0 aromatic heterocycles. The standard InChI is InChI=1S/C6H6N4O3S/c7-9-8-3-2-1-14-5(6(12)13)10(2)4(3)11/h2-3,5H,1H2,(H,12,13). The minimum absolute atomic E-state index is 0.232. The number of carbonyl (C=O) groups is 2. The summed E-state index contributed by atoms with van der Waals surface area (Å²) in [6.45, 7) is 0. The molecule has 1 amide bonds. The lowest BCUT2D eigenvalue weighted by Crippen LogP contribution is -2.64. The number of rotatable bonds is 2. The molecule has 3 atom stereocenters. The molecule has 14 heavy (non-hydrogen) atoms. The molecule has 2 fully saturated rings. The number of nitrogens with zero attached hydrogens (tertiary/aromatic N) is 4. The zero-order valence-corrected chi connectivity index (χ0v) is 7.72. The van der Waals surface area contributed by atoms with Crippen LogP contribution in [0.3, 0.4) is 0 Å². The van der Waals surface area contributed by atoms with Crippen molar-refractivity contribution in [2.24, 2.45) is 5.11 Å². The summed E-state index contributed by atoms with van der Waals surface area (Å²) in [5.74, 6) is -0.887. The van der Waals surface area contributed by atoms with Crippen molar-refractivity contribution in [3.63, 3.8) is 0 Å². The number of thioether (sulfide) groups is 1. The van der Waals surface area contributed by atoms with Crippen molar-refractivity contribution < 1.29 is 14.7 Å². The van der Waals surface area contributed by atoms with Gasteiger partial charge in [0.05, 0.1) is 6.04 Å². The third kappa shape index (κ3) is 1.04. The first-order valence-corrected chi connectivity index (χ1v) is 4.92. The quantitative estimate of drug-likeness (QED) is 0.303. The van der Waals surface area contributed by atoms with Gasteiger partial charge in [-0.1, -0.05) is 5.11 Å². The average molecular weight is 214 g/mol. The van der Waals surface area contributed by atoms with E-state index in [1.54, 1.807) is 0 Å². The summed E-state index contributed by atoms with van der Waals surface area (Å²) in [5.41, 5.74) is 8.18. The van der Waals surface area contributed by atoms with E-state index < -0.39 is 17.4 Å². The SMILES string of the molecule is [N-]=[N+]=NC1C(=O)N2C(C(=O)O)SCC12. The molecule has 8 heteroatoms. The predicted molar refractivity (Wildman–Crippen MR) is 47.4 cm³/mol. The van der Waals surface area contributed by atoms with Crippen LogP contribution in [0.2, 0.25) is 0 Å². The van der Waals surface area contributed by atoms with E-state index in [1.165, 1.54) is 16.7 Å². The highest BCUT2D eigenvalue weighted by Crippen LogP contribution is 2.39. The average Bonchev–Trinajstić information content (AvgIpc) is 2.54. The second-order valence-electron chi connectivity index (χ2n) is 2.99. The first-order chi connectivity index (χ1) is 6.66. The predicted octanol–water partition coefficient (Wildman–Crippen LogP) is 0.0336. The highest BCUT2D eigenvalue weighted by molar-refractivity contribution is 8.00. The first kappa shape index (κ1) is 9.17. The molecular weight excluding hydrogens is 208 g/mol. The number of β-lactam (4-membered cyclic amide) rings is 1. The summed E-state index contributed by atoms with van der Waals surface area (Å²) in [4.78, 5) is 25.8. The van der Waals surface area contributed by atoms with Crippen LogP contribution in [0.4, 0.5) is 0 Å². The number of hydrogen-bond acceptors (Lipinski definition) is 4. The van der Waals surface area contributed by atoms with Crippen LogP contribution in [-0.4, -0.2) is 45.1 Å². The molecule has 0 saturated carbocycles. The topological polar surface area (TPSA) is 106 Å². The van der Waals surface area contributed by atoms with Gasteiger partial charge >= 0.3 is 5.97 Å². The Balaban J connectivity index is 2.16. The number of azide groups is 1. The molecule has 2 heterocycles. The highest BCUT2D eigenvalue weighted by atomic mass is 32.2. The second-order valence-corrected chi connectivity index (χ2v) is 4.10. The van der Waals surface area contributed by atoms with Gasteiger partial charge in [0.1, 0.15) is 6.04 Å². The number of carboxylic acids is 1. The van der Waals surface area contributed by atoms with Gasteiger partial charge in [0.2, 0.25) is 5.91 Å². The van der Waals surface area contributed by atoms with Gasteiger partial charge in [0.25, 0.3) is 0 Å². The Bertz CT molecular complexity index is 353. The molecule has 3 unspecified atom stereocenters. The van der Waals surface area contributed by atoms with E-state index in [2.05, 4.69) is 10.0 Å². The van der Waals surface area contributed by atoms with E-state index in [9.17, 15) is 9.59 Å². The highest BCUT2D eigenvalue weighted by Gasteiger charge is 2.56. The van der Waals surface area contributed by atoms with Gasteiger partial charge in [0, 0.05) is 10.7 Å². The molecule has 0 spiro atoms. The molecule has 2 aliphatic heterocycles. The molecule has 2 rings (SSSR count). The van der Waals surface area contributed by atoms with Crippen molar-refractivity contribution in [3.05, 3.63) is 10.4 Å². The lowest BCUT2D eigenvalue weighted by molar-refractivity contribution is -0.156. The summed E-state index contributed by atoms with van der Waals surface area (Å²) in [6, 6.07) is -0.929. The maximum absolute atomic E-state index is 11.3. The maximum Gasteiger partial charge on any atom is 0.337 e. The van der Waals surface area contributed by atoms with Gasteiger partial charge < -0.3 is 10.0 Å². The Morgan fingerprint density at radius 1 is 1.79 bits per heavy atom. The smallest absolute Gasteiger partial charge is 0.337 e. The zero-order valence-electron chi connectivity index (χ0n) is 6.90. The second kappa shape index (κ2) is 3.07. The van der Waals surface area contributed by atoms with E-state index >= 15 is 0 Å². The minimum atomic E-state index is -1.02.